The quantitative estimate of drug-likeness (QED) is 0.823. The highest BCUT2D eigenvalue weighted by molar-refractivity contribution is 5.85. The molecular formula is C14H17Cl2F4N3. The van der Waals surface area contributed by atoms with Crippen molar-refractivity contribution in [1.29, 1.82) is 5.26 Å². The monoisotopic (exact) mass is 373 g/mol. The summed E-state index contributed by atoms with van der Waals surface area (Å²) >= 11 is 0. The first-order valence-electron chi connectivity index (χ1n) is 6.62. The summed E-state index contributed by atoms with van der Waals surface area (Å²) in [4.78, 5) is 1.95. The highest BCUT2D eigenvalue weighted by Gasteiger charge is 2.35. The minimum absolute atomic E-state index is 0. The zero-order valence-corrected chi connectivity index (χ0v) is 13.7. The molecule has 1 aliphatic rings. The van der Waals surface area contributed by atoms with Gasteiger partial charge in [0.05, 0.1) is 18.1 Å². The fourth-order valence-electron chi connectivity index (χ4n) is 2.51. The van der Waals surface area contributed by atoms with Crippen molar-refractivity contribution < 1.29 is 17.6 Å². The Morgan fingerprint density at radius 2 is 1.83 bits per heavy atom. The highest BCUT2D eigenvalue weighted by Crippen LogP contribution is 2.34. The van der Waals surface area contributed by atoms with E-state index in [-0.39, 0.29) is 31.2 Å². The molecule has 0 saturated carbocycles. The Labute approximate surface area is 144 Å². The Kier molecular flexibility index (Phi) is 8.85. The van der Waals surface area contributed by atoms with Crippen molar-refractivity contribution in [1.82, 2.24) is 10.2 Å². The van der Waals surface area contributed by atoms with Gasteiger partial charge in [-0.2, -0.15) is 18.4 Å². The van der Waals surface area contributed by atoms with Crippen LogP contribution in [0.1, 0.15) is 23.6 Å². The van der Waals surface area contributed by atoms with Crippen LogP contribution in [0.2, 0.25) is 0 Å². The zero-order chi connectivity index (χ0) is 15.5. The molecule has 0 spiro atoms. The van der Waals surface area contributed by atoms with Crippen molar-refractivity contribution in [2.75, 3.05) is 26.2 Å². The van der Waals surface area contributed by atoms with E-state index in [1.807, 2.05) is 11.0 Å². The molecule has 1 atom stereocenters. The van der Waals surface area contributed by atoms with Crippen LogP contribution in [0.25, 0.3) is 0 Å². The summed E-state index contributed by atoms with van der Waals surface area (Å²) in [5, 5.41) is 12.1. The first-order valence-corrected chi connectivity index (χ1v) is 6.62. The Hall–Kier alpha value is -1.07. The van der Waals surface area contributed by atoms with Crippen molar-refractivity contribution in [3.63, 3.8) is 0 Å². The molecule has 0 aromatic heterocycles. The number of halogens is 6. The minimum atomic E-state index is -4.74. The molecule has 1 aromatic rings. The van der Waals surface area contributed by atoms with Crippen molar-refractivity contribution in [3.05, 3.63) is 35.1 Å². The summed E-state index contributed by atoms with van der Waals surface area (Å²) in [7, 11) is 0. The van der Waals surface area contributed by atoms with Gasteiger partial charge in [0.25, 0.3) is 0 Å². The normalized spacial score (nSPS) is 16.7. The van der Waals surface area contributed by atoms with Crippen LogP contribution in [0.4, 0.5) is 17.6 Å². The van der Waals surface area contributed by atoms with Crippen molar-refractivity contribution >= 4 is 24.8 Å². The number of alkyl halides is 3. The molecule has 0 amide bonds. The number of piperazine rings is 1. The van der Waals surface area contributed by atoms with Crippen LogP contribution in [0.3, 0.4) is 0 Å². The van der Waals surface area contributed by atoms with Gasteiger partial charge in [0.15, 0.2) is 0 Å². The SMILES string of the molecule is Cl.Cl.N#CC[C@@H](c1ccc(F)c(C(F)(F)F)c1)N1CCNCC1. The highest BCUT2D eigenvalue weighted by atomic mass is 35.5. The summed E-state index contributed by atoms with van der Waals surface area (Å²) in [6.07, 6.45) is -4.66. The fourth-order valence-corrected chi connectivity index (χ4v) is 2.51. The maximum atomic E-state index is 13.3. The molecule has 3 nitrogen and oxygen atoms in total. The molecule has 0 radical (unpaired) electrons. The summed E-state index contributed by atoms with van der Waals surface area (Å²) in [5.74, 6) is -1.29. The Bertz CT molecular complexity index is 540. The van der Waals surface area contributed by atoms with Crippen molar-refractivity contribution in [2.45, 2.75) is 18.6 Å². The molecular weight excluding hydrogens is 357 g/mol. The van der Waals surface area contributed by atoms with Gasteiger partial charge in [-0.1, -0.05) is 6.07 Å². The fraction of sp³-hybridized carbons (Fsp3) is 0.500. The molecule has 130 valence electrons. The van der Waals surface area contributed by atoms with Crippen LogP contribution in [-0.4, -0.2) is 31.1 Å². The molecule has 0 unspecified atom stereocenters. The Morgan fingerprint density at radius 1 is 1.22 bits per heavy atom. The lowest BCUT2D eigenvalue weighted by Gasteiger charge is -2.34. The number of hydrogen-bond acceptors (Lipinski definition) is 3. The van der Waals surface area contributed by atoms with Gasteiger partial charge in [-0.3, -0.25) is 4.90 Å². The summed E-state index contributed by atoms with van der Waals surface area (Å²) in [5.41, 5.74) is -0.953. The van der Waals surface area contributed by atoms with Gasteiger partial charge in [0.2, 0.25) is 0 Å². The van der Waals surface area contributed by atoms with Crippen molar-refractivity contribution in [3.8, 4) is 6.07 Å². The van der Waals surface area contributed by atoms with Crippen LogP contribution in [0, 0.1) is 17.1 Å². The van der Waals surface area contributed by atoms with E-state index >= 15 is 0 Å². The van der Waals surface area contributed by atoms with Crippen LogP contribution < -0.4 is 5.32 Å². The molecule has 1 fully saturated rings. The second-order valence-electron chi connectivity index (χ2n) is 4.90. The zero-order valence-electron chi connectivity index (χ0n) is 12.1. The van der Waals surface area contributed by atoms with Crippen molar-refractivity contribution in [2.24, 2.45) is 0 Å². The van der Waals surface area contributed by atoms with Gasteiger partial charge < -0.3 is 5.32 Å². The molecule has 23 heavy (non-hydrogen) atoms. The topological polar surface area (TPSA) is 39.1 Å². The first kappa shape index (κ1) is 21.9. The molecule has 2 rings (SSSR count). The van der Waals surface area contributed by atoms with Gasteiger partial charge in [0, 0.05) is 32.2 Å². The Morgan fingerprint density at radius 3 is 2.35 bits per heavy atom. The van der Waals surface area contributed by atoms with E-state index in [1.54, 1.807) is 0 Å². The van der Waals surface area contributed by atoms with Gasteiger partial charge in [-0.25, -0.2) is 4.39 Å². The average molecular weight is 374 g/mol. The number of hydrogen-bond donors (Lipinski definition) is 1. The predicted octanol–water partition coefficient (Wildman–Crippen LogP) is 3.55. The first-order chi connectivity index (χ1) is 9.93. The predicted molar refractivity (Wildman–Crippen MR) is 83.3 cm³/mol. The lowest BCUT2D eigenvalue weighted by atomic mass is 9.99. The van der Waals surface area contributed by atoms with Gasteiger partial charge in [-0.05, 0) is 17.7 Å². The molecule has 0 bridgehead atoms. The van der Waals surface area contributed by atoms with E-state index < -0.39 is 23.6 Å². The number of benzene rings is 1. The summed E-state index contributed by atoms with van der Waals surface area (Å²) in [6, 6.07) is 4.52. The van der Waals surface area contributed by atoms with E-state index in [1.165, 1.54) is 6.07 Å². The Balaban J connectivity index is 0.00000242. The summed E-state index contributed by atoms with van der Waals surface area (Å²) in [6.45, 7) is 2.72. The van der Waals surface area contributed by atoms with E-state index in [0.29, 0.717) is 18.7 Å². The third-order valence-electron chi connectivity index (χ3n) is 3.56. The van der Waals surface area contributed by atoms with E-state index in [0.717, 1.165) is 25.2 Å². The smallest absolute Gasteiger partial charge is 0.314 e. The van der Waals surface area contributed by atoms with Gasteiger partial charge in [0.1, 0.15) is 5.82 Å². The number of rotatable bonds is 3. The second-order valence-corrected chi connectivity index (χ2v) is 4.90. The maximum absolute atomic E-state index is 13.3. The molecule has 1 N–H and O–H groups in total. The van der Waals surface area contributed by atoms with Crippen LogP contribution in [0.15, 0.2) is 18.2 Å². The standard InChI is InChI=1S/C14H15F4N3.2ClH/c15-12-2-1-10(9-11(12)14(16,17)18)13(3-4-19)21-7-5-20-6-8-21;;/h1-2,9,13,20H,3,5-8H2;2*1H/t13-;;/m0../s1. The van der Waals surface area contributed by atoms with Gasteiger partial charge >= 0.3 is 6.18 Å². The lowest BCUT2D eigenvalue weighted by molar-refractivity contribution is -0.140. The summed E-state index contributed by atoms with van der Waals surface area (Å²) < 4.78 is 51.7. The number of nitrogens with one attached hydrogen (secondary N) is 1. The molecule has 1 heterocycles. The van der Waals surface area contributed by atoms with E-state index in [9.17, 15) is 17.6 Å². The van der Waals surface area contributed by atoms with Crippen LogP contribution in [-0.2, 0) is 6.18 Å². The molecule has 1 aliphatic heterocycles. The third-order valence-corrected chi connectivity index (χ3v) is 3.56. The average Bonchev–Trinajstić information content (AvgIpc) is 2.45. The van der Waals surface area contributed by atoms with Crippen LogP contribution >= 0.6 is 24.8 Å². The number of nitriles is 1. The molecule has 1 aromatic carbocycles. The van der Waals surface area contributed by atoms with E-state index in [4.69, 9.17) is 5.26 Å². The lowest BCUT2D eigenvalue weighted by Crippen LogP contribution is -2.45. The number of nitrogens with zero attached hydrogens (tertiary/aromatic N) is 2. The molecule has 9 heteroatoms. The maximum Gasteiger partial charge on any atom is 0.419 e. The molecule has 0 aliphatic carbocycles. The van der Waals surface area contributed by atoms with Gasteiger partial charge in [-0.15, -0.1) is 24.8 Å². The second kappa shape index (κ2) is 9.28. The minimum Gasteiger partial charge on any atom is -0.314 e. The molecule has 1 saturated heterocycles. The largest absolute Gasteiger partial charge is 0.419 e. The third kappa shape index (κ3) is 5.50. The van der Waals surface area contributed by atoms with Crippen LogP contribution in [0.5, 0.6) is 0 Å². The van der Waals surface area contributed by atoms with E-state index in [2.05, 4.69) is 5.32 Å².